The Morgan fingerprint density at radius 3 is 2.43 bits per heavy atom. The highest BCUT2D eigenvalue weighted by atomic mass is 35.5. The van der Waals surface area contributed by atoms with Crippen LogP contribution in [0.25, 0.3) is 6.08 Å². The number of hydrogen-bond acceptors (Lipinski definition) is 3. The van der Waals surface area contributed by atoms with E-state index in [4.69, 9.17) is 32.7 Å². The number of hydrogen-bond donors (Lipinski definition) is 1. The first-order chi connectivity index (χ1) is 14.4. The van der Waals surface area contributed by atoms with Crippen molar-refractivity contribution in [2.24, 2.45) is 0 Å². The smallest absolute Gasteiger partial charge is 0.248 e. The van der Waals surface area contributed by atoms with Gasteiger partial charge in [-0.1, -0.05) is 53.5 Å². The van der Waals surface area contributed by atoms with Gasteiger partial charge in [-0.15, -0.1) is 0 Å². The van der Waals surface area contributed by atoms with E-state index in [2.05, 4.69) is 5.32 Å². The average molecular weight is 442 g/mol. The number of halogens is 2. The number of carbonyl (C=O) groups is 1. The van der Waals surface area contributed by atoms with Crippen LogP contribution in [0, 0.1) is 6.92 Å². The normalized spacial score (nSPS) is 10.8. The van der Waals surface area contributed by atoms with E-state index in [0.717, 1.165) is 11.1 Å². The van der Waals surface area contributed by atoms with Crippen LogP contribution in [0.3, 0.4) is 0 Å². The average Bonchev–Trinajstić information content (AvgIpc) is 2.71. The third kappa shape index (κ3) is 6.02. The van der Waals surface area contributed by atoms with Crippen LogP contribution in [-0.2, 0) is 11.4 Å². The number of benzene rings is 3. The van der Waals surface area contributed by atoms with Gasteiger partial charge in [0, 0.05) is 21.8 Å². The molecule has 6 heteroatoms. The molecule has 0 aliphatic carbocycles. The molecule has 0 fully saturated rings. The topological polar surface area (TPSA) is 47.6 Å². The van der Waals surface area contributed by atoms with E-state index in [9.17, 15) is 4.79 Å². The largest absolute Gasteiger partial charge is 0.493 e. The van der Waals surface area contributed by atoms with E-state index in [-0.39, 0.29) is 5.91 Å². The van der Waals surface area contributed by atoms with Crippen LogP contribution in [0.4, 0.5) is 5.69 Å². The molecule has 3 aromatic rings. The van der Waals surface area contributed by atoms with Crippen molar-refractivity contribution in [1.29, 1.82) is 0 Å². The maximum absolute atomic E-state index is 12.2. The number of nitrogens with one attached hydrogen (secondary N) is 1. The Morgan fingerprint density at radius 2 is 1.73 bits per heavy atom. The Labute approximate surface area is 186 Å². The van der Waals surface area contributed by atoms with Crippen LogP contribution in [0.1, 0.15) is 16.7 Å². The van der Waals surface area contributed by atoms with E-state index in [1.807, 2.05) is 49.4 Å². The number of methoxy groups -OCH3 is 1. The summed E-state index contributed by atoms with van der Waals surface area (Å²) < 4.78 is 11.4. The van der Waals surface area contributed by atoms with Gasteiger partial charge in [0.05, 0.1) is 7.11 Å². The zero-order valence-electron chi connectivity index (χ0n) is 16.6. The van der Waals surface area contributed by atoms with Gasteiger partial charge in [0.15, 0.2) is 11.5 Å². The molecule has 0 atom stereocenters. The molecule has 0 aliphatic rings. The lowest BCUT2D eigenvalue weighted by Gasteiger charge is -2.12. The molecule has 154 valence electrons. The van der Waals surface area contributed by atoms with Gasteiger partial charge in [-0.3, -0.25) is 4.79 Å². The minimum atomic E-state index is -0.299. The van der Waals surface area contributed by atoms with E-state index >= 15 is 0 Å². The fourth-order valence-corrected chi connectivity index (χ4v) is 3.34. The summed E-state index contributed by atoms with van der Waals surface area (Å²) in [6.45, 7) is 2.50. The SMILES string of the molecule is COc1cc(C=CC(=O)Nc2cc(Cl)cc(Cl)c2)ccc1OCc1ccccc1C. The van der Waals surface area contributed by atoms with Crippen LogP contribution in [0.15, 0.2) is 66.7 Å². The molecular formula is C24H21Cl2NO3. The number of aryl methyl sites for hydroxylation is 1. The summed E-state index contributed by atoms with van der Waals surface area (Å²) in [6, 6.07) is 18.4. The first-order valence-electron chi connectivity index (χ1n) is 9.25. The van der Waals surface area contributed by atoms with Crippen LogP contribution >= 0.6 is 23.2 Å². The Hall–Kier alpha value is -2.95. The van der Waals surface area contributed by atoms with Crippen molar-refractivity contribution in [1.82, 2.24) is 0 Å². The van der Waals surface area contributed by atoms with E-state index in [1.165, 1.54) is 11.6 Å². The maximum Gasteiger partial charge on any atom is 0.248 e. The van der Waals surface area contributed by atoms with E-state index in [1.54, 1.807) is 31.4 Å². The number of carbonyl (C=O) groups excluding carboxylic acids is 1. The van der Waals surface area contributed by atoms with Gasteiger partial charge in [0.25, 0.3) is 0 Å². The Morgan fingerprint density at radius 1 is 1.00 bits per heavy atom. The molecule has 0 aromatic heterocycles. The molecule has 0 unspecified atom stereocenters. The molecule has 0 saturated carbocycles. The minimum Gasteiger partial charge on any atom is -0.493 e. The standard InChI is InChI=1S/C24H21Cl2NO3/c1-16-5-3-4-6-18(16)15-30-22-9-7-17(11-23(22)29-2)8-10-24(28)27-21-13-19(25)12-20(26)14-21/h3-14H,15H2,1-2H3,(H,27,28). The third-order valence-corrected chi connectivity index (χ3v) is 4.83. The summed E-state index contributed by atoms with van der Waals surface area (Å²) in [7, 11) is 1.58. The minimum absolute atomic E-state index is 0.299. The number of anilines is 1. The van der Waals surface area contributed by atoms with Gasteiger partial charge in [-0.2, -0.15) is 0 Å². The predicted octanol–water partition coefficient (Wildman–Crippen LogP) is 6.54. The summed E-state index contributed by atoms with van der Waals surface area (Å²) >= 11 is 11.9. The molecule has 3 aromatic carbocycles. The Bertz CT molecular complexity index is 1060. The summed E-state index contributed by atoms with van der Waals surface area (Å²) in [6.07, 6.45) is 3.12. The van der Waals surface area contributed by atoms with Gasteiger partial charge in [0.2, 0.25) is 5.91 Å². The monoisotopic (exact) mass is 441 g/mol. The Balaban J connectivity index is 1.66. The summed E-state index contributed by atoms with van der Waals surface area (Å²) in [5.74, 6) is 0.927. The predicted molar refractivity (Wildman–Crippen MR) is 123 cm³/mol. The van der Waals surface area contributed by atoms with Crippen molar-refractivity contribution < 1.29 is 14.3 Å². The Kier molecular flexibility index (Phi) is 7.39. The zero-order chi connectivity index (χ0) is 21.5. The number of amides is 1. The fourth-order valence-electron chi connectivity index (χ4n) is 2.82. The molecule has 1 N–H and O–H groups in total. The summed E-state index contributed by atoms with van der Waals surface area (Å²) in [4.78, 5) is 12.2. The molecule has 0 heterocycles. The van der Waals surface area contributed by atoms with Crippen molar-refractivity contribution in [3.05, 3.63) is 93.5 Å². The fraction of sp³-hybridized carbons (Fsp3) is 0.125. The molecule has 0 saturated heterocycles. The highest BCUT2D eigenvalue weighted by Crippen LogP contribution is 2.29. The van der Waals surface area contributed by atoms with Crippen molar-refractivity contribution in [3.8, 4) is 11.5 Å². The second-order valence-electron chi connectivity index (χ2n) is 6.61. The van der Waals surface area contributed by atoms with Crippen molar-refractivity contribution >= 4 is 40.9 Å². The van der Waals surface area contributed by atoms with Gasteiger partial charge >= 0.3 is 0 Å². The van der Waals surface area contributed by atoms with Gasteiger partial charge in [-0.25, -0.2) is 0 Å². The first-order valence-corrected chi connectivity index (χ1v) is 10.0. The second-order valence-corrected chi connectivity index (χ2v) is 7.48. The van der Waals surface area contributed by atoms with Gasteiger partial charge < -0.3 is 14.8 Å². The summed E-state index contributed by atoms with van der Waals surface area (Å²) in [5.41, 5.74) is 3.61. The molecule has 30 heavy (non-hydrogen) atoms. The molecule has 3 rings (SSSR count). The lowest BCUT2D eigenvalue weighted by atomic mass is 10.1. The van der Waals surface area contributed by atoms with Crippen LogP contribution in [0.5, 0.6) is 11.5 Å². The van der Waals surface area contributed by atoms with Gasteiger partial charge in [0.1, 0.15) is 6.61 Å². The van der Waals surface area contributed by atoms with E-state index < -0.39 is 0 Å². The van der Waals surface area contributed by atoms with Crippen LogP contribution < -0.4 is 14.8 Å². The number of rotatable bonds is 7. The molecular weight excluding hydrogens is 421 g/mol. The van der Waals surface area contributed by atoms with Crippen molar-refractivity contribution in [3.63, 3.8) is 0 Å². The van der Waals surface area contributed by atoms with E-state index in [0.29, 0.717) is 33.8 Å². The third-order valence-electron chi connectivity index (χ3n) is 4.39. The molecule has 0 spiro atoms. The highest BCUT2D eigenvalue weighted by Gasteiger charge is 2.07. The van der Waals surface area contributed by atoms with Crippen molar-refractivity contribution in [2.75, 3.05) is 12.4 Å². The molecule has 1 amide bonds. The van der Waals surface area contributed by atoms with Crippen LogP contribution in [0.2, 0.25) is 10.0 Å². The first kappa shape index (κ1) is 21.8. The lowest BCUT2D eigenvalue weighted by molar-refractivity contribution is -0.111. The molecule has 4 nitrogen and oxygen atoms in total. The summed E-state index contributed by atoms with van der Waals surface area (Å²) in [5, 5.41) is 3.63. The zero-order valence-corrected chi connectivity index (χ0v) is 18.1. The molecule has 0 radical (unpaired) electrons. The highest BCUT2D eigenvalue weighted by molar-refractivity contribution is 6.35. The number of ether oxygens (including phenoxy) is 2. The lowest BCUT2D eigenvalue weighted by Crippen LogP contribution is -2.07. The van der Waals surface area contributed by atoms with Gasteiger partial charge in [-0.05, 0) is 60.0 Å². The molecule has 0 aliphatic heterocycles. The second kappa shape index (κ2) is 10.2. The van der Waals surface area contributed by atoms with Crippen molar-refractivity contribution in [2.45, 2.75) is 13.5 Å². The van der Waals surface area contributed by atoms with Crippen LogP contribution in [-0.4, -0.2) is 13.0 Å². The quantitative estimate of drug-likeness (QED) is 0.423. The maximum atomic E-state index is 12.2. The molecule has 0 bridgehead atoms.